The number of halogens is 1. The molecule has 1 aromatic heterocycles. The summed E-state index contributed by atoms with van der Waals surface area (Å²) in [5, 5.41) is 13.9. The zero-order valence-corrected chi connectivity index (χ0v) is 16.8. The van der Waals surface area contributed by atoms with E-state index in [4.69, 9.17) is 26.5 Å². The van der Waals surface area contributed by atoms with Gasteiger partial charge in [0.2, 0.25) is 5.88 Å². The summed E-state index contributed by atoms with van der Waals surface area (Å²) < 4.78 is 11.5. The standard InChI is InChI=1S/C22H19ClN4O3/c23-17-8-15-19(29-7-4-12-11-26-5-6-27(12)22(15)28)9-14(17)13-2-1-3-18-20(13)16(10-24)21(25)30-18/h1-3,8-9,12,26H,4-7,11,25H2/t12-/m0/s1. The number of rotatable bonds is 1. The van der Waals surface area contributed by atoms with Crippen molar-refractivity contribution in [2.24, 2.45) is 0 Å². The van der Waals surface area contributed by atoms with Crippen LogP contribution in [-0.4, -0.2) is 43.1 Å². The lowest BCUT2D eigenvalue weighted by atomic mass is 9.96. The molecule has 1 saturated heterocycles. The van der Waals surface area contributed by atoms with Gasteiger partial charge in [0, 0.05) is 48.1 Å². The number of ether oxygens (including phenoxy) is 1. The first-order valence-corrected chi connectivity index (χ1v) is 10.2. The van der Waals surface area contributed by atoms with Gasteiger partial charge in [-0.25, -0.2) is 0 Å². The zero-order chi connectivity index (χ0) is 20.8. The quantitative estimate of drug-likeness (QED) is 0.622. The van der Waals surface area contributed by atoms with Gasteiger partial charge in [-0.15, -0.1) is 0 Å². The van der Waals surface area contributed by atoms with Crippen molar-refractivity contribution in [3.63, 3.8) is 0 Å². The second kappa shape index (κ2) is 7.24. The van der Waals surface area contributed by atoms with Gasteiger partial charge in [0.05, 0.1) is 12.2 Å². The van der Waals surface area contributed by atoms with Crippen LogP contribution in [0.3, 0.4) is 0 Å². The van der Waals surface area contributed by atoms with Gasteiger partial charge in [-0.05, 0) is 23.8 Å². The number of carbonyl (C=O) groups is 1. The van der Waals surface area contributed by atoms with Crippen LogP contribution in [0, 0.1) is 11.3 Å². The van der Waals surface area contributed by atoms with Gasteiger partial charge in [0.25, 0.3) is 5.91 Å². The summed E-state index contributed by atoms with van der Waals surface area (Å²) in [5.41, 5.74) is 8.46. The Morgan fingerprint density at radius 2 is 2.13 bits per heavy atom. The van der Waals surface area contributed by atoms with Crippen LogP contribution in [0.4, 0.5) is 5.88 Å². The summed E-state index contributed by atoms with van der Waals surface area (Å²) in [5.74, 6) is 0.481. The van der Waals surface area contributed by atoms with E-state index >= 15 is 0 Å². The molecule has 1 atom stereocenters. The molecule has 152 valence electrons. The normalized spacial score (nSPS) is 18.7. The smallest absolute Gasteiger partial charge is 0.258 e. The Morgan fingerprint density at radius 3 is 2.97 bits per heavy atom. The lowest BCUT2D eigenvalue weighted by Gasteiger charge is -2.38. The SMILES string of the molecule is N#Cc1c(N)oc2cccc(-c3cc4c(cc3Cl)C(=O)N3CCNC[C@@H]3CCO4)c12. The number of hydrogen-bond acceptors (Lipinski definition) is 6. The van der Waals surface area contributed by atoms with E-state index in [2.05, 4.69) is 11.4 Å². The van der Waals surface area contributed by atoms with Gasteiger partial charge >= 0.3 is 0 Å². The molecule has 3 heterocycles. The number of fused-ring (bicyclic) bond motifs is 3. The highest BCUT2D eigenvalue weighted by molar-refractivity contribution is 6.34. The molecule has 0 aliphatic carbocycles. The Hall–Kier alpha value is -3.21. The molecule has 1 amide bonds. The number of piperazine rings is 1. The van der Waals surface area contributed by atoms with Crippen molar-refractivity contribution in [1.29, 1.82) is 5.26 Å². The fraction of sp³-hybridized carbons (Fsp3) is 0.273. The highest BCUT2D eigenvalue weighted by atomic mass is 35.5. The average Bonchev–Trinajstić information content (AvgIpc) is 3.08. The van der Waals surface area contributed by atoms with Gasteiger partial charge in [0.15, 0.2) is 0 Å². The molecule has 3 N–H and O–H groups in total. The molecule has 1 fully saturated rings. The van der Waals surface area contributed by atoms with Crippen molar-refractivity contribution >= 4 is 34.4 Å². The van der Waals surface area contributed by atoms with Crippen molar-refractivity contribution < 1.29 is 13.9 Å². The van der Waals surface area contributed by atoms with E-state index in [0.29, 0.717) is 51.6 Å². The van der Waals surface area contributed by atoms with Crippen LogP contribution in [0.15, 0.2) is 34.7 Å². The predicted octanol–water partition coefficient (Wildman–Crippen LogP) is 3.40. The number of nitriles is 1. The van der Waals surface area contributed by atoms with Crippen LogP contribution in [0.5, 0.6) is 5.75 Å². The lowest BCUT2D eigenvalue weighted by Crippen LogP contribution is -2.54. The zero-order valence-electron chi connectivity index (χ0n) is 16.1. The maximum Gasteiger partial charge on any atom is 0.258 e. The fourth-order valence-corrected chi connectivity index (χ4v) is 4.56. The van der Waals surface area contributed by atoms with Crippen LogP contribution >= 0.6 is 11.6 Å². The Morgan fingerprint density at radius 1 is 1.27 bits per heavy atom. The summed E-state index contributed by atoms with van der Waals surface area (Å²) in [6.07, 6.45) is 0.753. The summed E-state index contributed by atoms with van der Waals surface area (Å²) in [6.45, 7) is 2.68. The Bertz CT molecular complexity index is 1210. The minimum Gasteiger partial charge on any atom is -0.493 e. The number of nitrogens with one attached hydrogen (secondary N) is 1. The predicted molar refractivity (Wildman–Crippen MR) is 114 cm³/mol. The van der Waals surface area contributed by atoms with E-state index in [1.165, 1.54) is 0 Å². The molecule has 0 bridgehead atoms. The molecular formula is C22H19ClN4O3. The molecule has 2 aliphatic heterocycles. The number of benzene rings is 2. The van der Waals surface area contributed by atoms with Crippen LogP contribution in [0.25, 0.3) is 22.1 Å². The Balaban J connectivity index is 1.67. The monoisotopic (exact) mass is 422 g/mol. The van der Waals surface area contributed by atoms with E-state index in [0.717, 1.165) is 19.5 Å². The van der Waals surface area contributed by atoms with Crippen LogP contribution in [0.2, 0.25) is 5.02 Å². The van der Waals surface area contributed by atoms with Gasteiger partial charge in [-0.3, -0.25) is 4.79 Å². The molecule has 0 unspecified atom stereocenters. The molecule has 8 heteroatoms. The largest absolute Gasteiger partial charge is 0.493 e. The van der Waals surface area contributed by atoms with Crippen molar-refractivity contribution in [2.45, 2.75) is 12.5 Å². The third-order valence-corrected chi connectivity index (χ3v) is 6.08. The molecule has 2 aliphatic rings. The lowest BCUT2D eigenvalue weighted by molar-refractivity contribution is 0.0576. The van der Waals surface area contributed by atoms with Gasteiger partial charge in [-0.2, -0.15) is 5.26 Å². The number of nitrogens with zero attached hydrogens (tertiary/aromatic N) is 2. The number of carbonyl (C=O) groups excluding carboxylic acids is 1. The highest BCUT2D eigenvalue weighted by Crippen LogP contribution is 2.41. The number of furan rings is 1. The molecule has 3 aromatic rings. The molecule has 2 aromatic carbocycles. The summed E-state index contributed by atoms with van der Waals surface area (Å²) in [6, 6.07) is 11.1. The van der Waals surface area contributed by atoms with Gasteiger partial charge in [-0.1, -0.05) is 23.7 Å². The fourth-order valence-electron chi connectivity index (χ4n) is 4.29. The van der Waals surface area contributed by atoms with Gasteiger partial charge in [0.1, 0.15) is 23.0 Å². The van der Waals surface area contributed by atoms with E-state index in [1.54, 1.807) is 18.2 Å². The average molecular weight is 423 g/mol. The first kappa shape index (κ1) is 18.8. The van der Waals surface area contributed by atoms with E-state index in [1.807, 2.05) is 17.0 Å². The third-order valence-electron chi connectivity index (χ3n) is 5.76. The van der Waals surface area contributed by atoms with Crippen LogP contribution in [0.1, 0.15) is 22.3 Å². The number of nitrogen functional groups attached to an aromatic ring is 1. The molecule has 0 radical (unpaired) electrons. The van der Waals surface area contributed by atoms with Crippen molar-refractivity contribution in [2.75, 3.05) is 32.0 Å². The molecule has 30 heavy (non-hydrogen) atoms. The number of nitrogens with two attached hydrogens (primary N) is 1. The number of amides is 1. The Kier molecular flexibility index (Phi) is 4.54. The van der Waals surface area contributed by atoms with Crippen LogP contribution < -0.4 is 15.8 Å². The van der Waals surface area contributed by atoms with Gasteiger partial charge < -0.3 is 25.1 Å². The Labute approximate surface area is 177 Å². The third kappa shape index (κ3) is 2.88. The second-order valence-electron chi connectivity index (χ2n) is 7.45. The summed E-state index contributed by atoms with van der Waals surface area (Å²) in [7, 11) is 0. The molecule has 0 saturated carbocycles. The number of anilines is 1. The van der Waals surface area contributed by atoms with Crippen LogP contribution in [-0.2, 0) is 0 Å². The van der Waals surface area contributed by atoms with E-state index in [-0.39, 0.29) is 23.4 Å². The maximum atomic E-state index is 13.2. The first-order chi connectivity index (χ1) is 14.6. The van der Waals surface area contributed by atoms with Crippen molar-refractivity contribution in [3.8, 4) is 22.9 Å². The highest BCUT2D eigenvalue weighted by Gasteiger charge is 2.32. The molecule has 0 spiro atoms. The molecule has 7 nitrogen and oxygen atoms in total. The van der Waals surface area contributed by atoms with E-state index in [9.17, 15) is 10.1 Å². The number of hydrogen-bond donors (Lipinski definition) is 2. The first-order valence-electron chi connectivity index (χ1n) is 9.78. The summed E-state index contributed by atoms with van der Waals surface area (Å²) >= 11 is 6.65. The maximum absolute atomic E-state index is 13.2. The topological polar surface area (TPSA) is 105 Å². The summed E-state index contributed by atoms with van der Waals surface area (Å²) in [4.78, 5) is 15.1. The minimum absolute atomic E-state index is 0.0681. The minimum atomic E-state index is -0.0758. The van der Waals surface area contributed by atoms with Crippen molar-refractivity contribution in [1.82, 2.24) is 10.2 Å². The van der Waals surface area contributed by atoms with E-state index < -0.39 is 0 Å². The second-order valence-corrected chi connectivity index (χ2v) is 7.86. The molecule has 5 rings (SSSR count). The molecular weight excluding hydrogens is 404 g/mol. The van der Waals surface area contributed by atoms with Crippen molar-refractivity contribution in [3.05, 3.63) is 46.5 Å².